The van der Waals surface area contributed by atoms with Crippen LogP contribution < -0.4 is 16.4 Å². The average Bonchev–Trinajstić information content (AvgIpc) is 2.90. The fourth-order valence-electron chi connectivity index (χ4n) is 3.33. The second-order valence-corrected chi connectivity index (χ2v) is 5.81. The van der Waals surface area contributed by atoms with Gasteiger partial charge in [0, 0.05) is 25.0 Å². The lowest BCUT2D eigenvalue weighted by atomic mass is 9.84. The first-order valence-electron chi connectivity index (χ1n) is 7.52. The molecule has 2 rings (SSSR count). The molecule has 0 aromatic rings. The number of hydrogen-bond acceptors (Lipinski definition) is 3. The van der Waals surface area contributed by atoms with Crippen molar-refractivity contribution in [3.8, 4) is 0 Å². The zero-order valence-corrected chi connectivity index (χ0v) is 11.3. The Morgan fingerprint density at radius 1 is 1.22 bits per heavy atom. The summed E-state index contributed by atoms with van der Waals surface area (Å²) in [4.78, 5) is 12.0. The highest BCUT2D eigenvalue weighted by Gasteiger charge is 2.25. The number of amides is 1. The van der Waals surface area contributed by atoms with Crippen molar-refractivity contribution in [1.82, 2.24) is 10.6 Å². The van der Waals surface area contributed by atoms with Gasteiger partial charge in [0.2, 0.25) is 5.91 Å². The highest BCUT2D eigenvalue weighted by Crippen LogP contribution is 2.26. The van der Waals surface area contributed by atoms with Crippen LogP contribution in [0.15, 0.2) is 0 Å². The molecule has 1 heterocycles. The third kappa shape index (κ3) is 3.95. The molecule has 1 saturated carbocycles. The van der Waals surface area contributed by atoms with Crippen LogP contribution in [-0.4, -0.2) is 31.1 Å². The van der Waals surface area contributed by atoms with Gasteiger partial charge in [-0.05, 0) is 38.1 Å². The second kappa shape index (κ2) is 7.10. The smallest absolute Gasteiger partial charge is 0.221 e. The van der Waals surface area contributed by atoms with Crippen molar-refractivity contribution in [2.75, 3.05) is 13.1 Å². The summed E-state index contributed by atoms with van der Waals surface area (Å²) in [5.41, 5.74) is 5.83. The molecule has 104 valence electrons. The summed E-state index contributed by atoms with van der Waals surface area (Å²) in [6.07, 6.45) is 9.32. The predicted molar refractivity (Wildman–Crippen MR) is 73.2 cm³/mol. The lowest BCUT2D eigenvalue weighted by Gasteiger charge is -2.30. The van der Waals surface area contributed by atoms with Gasteiger partial charge in [0.05, 0.1) is 0 Å². The van der Waals surface area contributed by atoms with Crippen molar-refractivity contribution in [2.24, 2.45) is 11.7 Å². The monoisotopic (exact) mass is 253 g/mol. The molecule has 0 radical (unpaired) electrons. The topological polar surface area (TPSA) is 67.1 Å². The van der Waals surface area contributed by atoms with Gasteiger partial charge >= 0.3 is 0 Å². The summed E-state index contributed by atoms with van der Waals surface area (Å²) in [7, 11) is 0. The molecular weight excluding hydrogens is 226 g/mol. The van der Waals surface area contributed by atoms with Crippen molar-refractivity contribution in [3.05, 3.63) is 0 Å². The van der Waals surface area contributed by atoms with Crippen molar-refractivity contribution in [1.29, 1.82) is 0 Å². The normalized spacial score (nSPS) is 27.1. The molecule has 4 heteroatoms. The van der Waals surface area contributed by atoms with E-state index in [2.05, 4.69) is 10.6 Å². The Hall–Kier alpha value is -0.610. The molecule has 1 aliphatic heterocycles. The lowest BCUT2D eigenvalue weighted by molar-refractivity contribution is -0.122. The molecule has 1 aliphatic carbocycles. The maximum atomic E-state index is 12.0. The van der Waals surface area contributed by atoms with Crippen molar-refractivity contribution in [3.63, 3.8) is 0 Å². The van der Waals surface area contributed by atoms with Gasteiger partial charge in [0.25, 0.3) is 0 Å². The molecule has 1 saturated heterocycles. The SMILES string of the molecule is NCC(NC(=O)CC1CCCN1)C1CCCCC1. The highest BCUT2D eigenvalue weighted by molar-refractivity contribution is 5.77. The van der Waals surface area contributed by atoms with Gasteiger partial charge in [-0.25, -0.2) is 0 Å². The van der Waals surface area contributed by atoms with E-state index in [-0.39, 0.29) is 11.9 Å². The number of nitrogens with two attached hydrogens (primary N) is 1. The van der Waals surface area contributed by atoms with Crippen LogP contribution in [0.2, 0.25) is 0 Å². The van der Waals surface area contributed by atoms with E-state index >= 15 is 0 Å². The molecule has 18 heavy (non-hydrogen) atoms. The summed E-state index contributed by atoms with van der Waals surface area (Å²) in [6.45, 7) is 1.63. The van der Waals surface area contributed by atoms with Gasteiger partial charge in [-0.1, -0.05) is 19.3 Å². The number of nitrogens with one attached hydrogen (secondary N) is 2. The fourth-order valence-corrected chi connectivity index (χ4v) is 3.33. The van der Waals surface area contributed by atoms with E-state index in [1.807, 2.05) is 0 Å². The second-order valence-electron chi connectivity index (χ2n) is 5.81. The van der Waals surface area contributed by atoms with E-state index in [4.69, 9.17) is 5.73 Å². The van der Waals surface area contributed by atoms with Gasteiger partial charge in [-0.2, -0.15) is 0 Å². The quantitative estimate of drug-likeness (QED) is 0.688. The Kier molecular flexibility index (Phi) is 5.45. The first kappa shape index (κ1) is 13.8. The third-order valence-electron chi connectivity index (χ3n) is 4.41. The van der Waals surface area contributed by atoms with E-state index in [0.29, 0.717) is 24.9 Å². The van der Waals surface area contributed by atoms with Crippen molar-refractivity contribution in [2.45, 2.75) is 63.5 Å². The summed E-state index contributed by atoms with van der Waals surface area (Å²) < 4.78 is 0. The van der Waals surface area contributed by atoms with Crippen LogP contribution in [0.25, 0.3) is 0 Å². The Labute approximate surface area is 110 Å². The summed E-state index contributed by atoms with van der Waals surface area (Å²) in [5, 5.41) is 6.53. The molecule has 4 nitrogen and oxygen atoms in total. The Morgan fingerprint density at radius 3 is 2.61 bits per heavy atom. The van der Waals surface area contributed by atoms with Crippen LogP contribution in [0.5, 0.6) is 0 Å². The first-order chi connectivity index (χ1) is 8.79. The largest absolute Gasteiger partial charge is 0.352 e. The van der Waals surface area contributed by atoms with E-state index in [1.165, 1.54) is 38.5 Å². The van der Waals surface area contributed by atoms with Gasteiger partial charge in [0.1, 0.15) is 0 Å². The molecule has 2 fully saturated rings. The number of carbonyl (C=O) groups is 1. The molecule has 2 aliphatic rings. The van der Waals surface area contributed by atoms with Gasteiger partial charge in [0.15, 0.2) is 0 Å². The summed E-state index contributed by atoms with van der Waals surface area (Å²) in [6, 6.07) is 0.578. The minimum atomic E-state index is 0.176. The van der Waals surface area contributed by atoms with Crippen molar-refractivity contribution >= 4 is 5.91 Å². The molecular formula is C14H27N3O. The molecule has 2 atom stereocenters. The van der Waals surface area contributed by atoms with Crippen molar-refractivity contribution < 1.29 is 4.79 Å². The van der Waals surface area contributed by atoms with E-state index in [1.54, 1.807) is 0 Å². The molecule has 0 aromatic carbocycles. The predicted octanol–water partition coefficient (Wildman–Crippen LogP) is 1.15. The zero-order chi connectivity index (χ0) is 12.8. The van der Waals surface area contributed by atoms with Crippen LogP contribution in [0.1, 0.15) is 51.4 Å². The van der Waals surface area contributed by atoms with Crippen LogP contribution >= 0.6 is 0 Å². The van der Waals surface area contributed by atoms with E-state index in [9.17, 15) is 4.79 Å². The number of carbonyl (C=O) groups excluding carboxylic acids is 1. The minimum absolute atomic E-state index is 0.176. The highest BCUT2D eigenvalue weighted by atomic mass is 16.1. The van der Waals surface area contributed by atoms with E-state index in [0.717, 1.165) is 13.0 Å². The Bertz CT molecular complexity index is 258. The molecule has 0 bridgehead atoms. The Morgan fingerprint density at radius 2 is 2.00 bits per heavy atom. The molecule has 0 aromatic heterocycles. The zero-order valence-electron chi connectivity index (χ0n) is 11.3. The maximum Gasteiger partial charge on any atom is 0.221 e. The van der Waals surface area contributed by atoms with E-state index < -0.39 is 0 Å². The molecule has 0 spiro atoms. The minimum Gasteiger partial charge on any atom is -0.352 e. The van der Waals surface area contributed by atoms with Crippen LogP contribution in [0, 0.1) is 5.92 Å². The van der Waals surface area contributed by atoms with Gasteiger partial charge in [-0.3, -0.25) is 4.79 Å². The standard InChI is InChI=1S/C14H27N3O/c15-10-13(11-5-2-1-3-6-11)17-14(18)9-12-7-4-8-16-12/h11-13,16H,1-10,15H2,(H,17,18). The lowest BCUT2D eigenvalue weighted by Crippen LogP contribution is -2.47. The van der Waals surface area contributed by atoms with Crippen LogP contribution in [0.4, 0.5) is 0 Å². The van der Waals surface area contributed by atoms with Crippen LogP contribution in [-0.2, 0) is 4.79 Å². The third-order valence-corrected chi connectivity index (χ3v) is 4.41. The number of rotatable bonds is 5. The average molecular weight is 253 g/mol. The first-order valence-corrected chi connectivity index (χ1v) is 7.52. The van der Waals surface area contributed by atoms with Gasteiger partial charge in [-0.15, -0.1) is 0 Å². The summed E-state index contributed by atoms with van der Waals surface area (Å²) >= 11 is 0. The fraction of sp³-hybridized carbons (Fsp3) is 0.929. The molecule has 1 amide bonds. The van der Waals surface area contributed by atoms with Crippen LogP contribution in [0.3, 0.4) is 0 Å². The van der Waals surface area contributed by atoms with Gasteiger partial charge < -0.3 is 16.4 Å². The molecule has 4 N–H and O–H groups in total. The number of hydrogen-bond donors (Lipinski definition) is 3. The maximum absolute atomic E-state index is 12.0. The Balaban J connectivity index is 1.75. The summed E-state index contributed by atoms with van der Waals surface area (Å²) in [5.74, 6) is 0.777. The molecule has 2 unspecified atom stereocenters.